The molecule has 3 heterocycles. The number of hydrogen-bond donors (Lipinski definition) is 1. The first-order valence-electron chi connectivity index (χ1n) is 11.8. The molecule has 5 rings (SSSR count). The van der Waals surface area contributed by atoms with Crippen LogP contribution in [0.25, 0.3) is 11.3 Å². The van der Waals surface area contributed by atoms with Crippen LogP contribution in [0.1, 0.15) is 44.1 Å². The Morgan fingerprint density at radius 1 is 1.03 bits per heavy atom. The molecule has 2 saturated heterocycles. The molecule has 2 aromatic rings. The van der Waals surface area contributed by atoms with Gasteiger partial charge in [0.05, 0.1) is 6.10 Å². The lowest BCUT2D eigenvalue weighted by Gasteiger charge is -2.28. The third-order valence-electron chi connectivity index (χ3n) is 7.22. The van der Waals surface area contributed by atoms with Crippen LogP contribution in [-0.4, -0.2) is 53.5 Å². The summed E-state index contributed by atoms with van der Waals surface area (Å²) < 4.78 is 74.7. The maximum absolute atomic E-state index is 14.2. The Kier molecular flexibility index (Phi) is 6.70. The van der Waals surface area contributed by atoms with Gasteiger partial charge in [-0.2, -0.15) is 0 Å². The van der Waals surface area contributed by atoms with E-state index in [0.717, 1.165) is 58.0 Å². The Balaban J connectivity index is 1.24. The van der Waals surface area contributed by atoms with Crippen molar-refractivity contribution < 1.29 is 26.7 Å². The third-order valence-corrected chi connectivity index (χ3v) is 7.22. The molecular formula is C24H27F5N4O. The van der Waals surface area contributed by atoms with Crippen LogP contribution >= 0.6 is 0 Å². The van der Waals surface area contributed by atoms with Gasteiger partial charge >= 0.3 is 0 Å². The molecular weight excluding hydrogens is 455 g/mol. The predicted octanol–water partition coefficient (Wildman–Crippen LogP) is 5.19. The minimum absolute atomic E-state index is 0.0668. The standard InChI is InChI=1S/C24H27F5N4O/c25-15-7-18(22(27)20(26)8-15)23-19(24(28)29)9-21(31-32-23)30-16-5-13-10-33(11-14(13)6-16)12-17-3-1-2-4-34-17/h7-9,13-14,16-17,24H,1-6,10-12H2,(H,30,31)/t13-,14+,16-,17?. The smallest absolute Gasteiger partial charge is 0.266 e. The van der Waals surface area contributed by atoms with Crippen LogP contribution in [0.5, 0.6) is 0 Å². The second kappa shape index (κ2) is 9.73. The predicted molar refractivity (Wildman–Crippen MR) is 116 cm³/mol. The number of halogens is 5. The van der Waals surface area contributed by atoms with Crippen LogP contribution in [0.3, 0.4) is 0 Å². The van der Waals surface area contributed by atoms with E-state index in [0.29, 0.717) is 30.1 Å². The molecule has 0 bridgehead atoms. The van der Waals surface area contributed by atoms with Crippen molar-refractivity contribution in [1.29, 1.82) is 0 Å². The number of likely N-dealkylation sites (tertiary alicyclic amines) is 1. The quantitative estimate of drug-likeness (QED) is 0.454. The van der Waals surface area contributed by atoms with Gasteiger partial charge in [-0.25, -0.2) is 22.0 Å². The van der Waals surface area contributed by atoms with E-state index >= 15 is 0 Å². The first kappa shape index (κ1) is 23.4. The summed E-state index contributed by atoms with van der Waals surface area (Å²) in [5, 5.41) is 10.8. The molecule has 4 atom stereocenters. The zero-order valence-electron chi connectivity index (χ0n) is 18.6. The summed E-state index contributed by atoms with van der Waals surface area (Å²) in [6.07, 6.45) is 2.56. The zero-order valence-corrected chi connectivity index (χ0v) is 18.6. The van der Waals surface area contributed by atoms with E-state index < -0.39 is 40.7 Å². The molecule has 184 valence electrons. The number of alkyl halides is 2. The summed E-state index contributed by atoms with van der Waals surface area (Å²) in [7, 11) is 0. The second-order valence-corrected chi connectivity index (χ2v) is 9.62. The van der Waals surface area contributed by atoms with E-state index in [1.165, 1.54) is 6.42 Å². The molecule has 1 unspecified atom stereocenters. The van der Waals surface area contributed by atoms with Crippen molar-refractivity contribution in [1.82, 2.24) is 15.1 Å². The molecule has 3 fully saturated rings. The lowest BCUT2D eigenvalue weighted by molar-refractivity contribution is -0.00303. The van der Waals surface area contributed by atoms with Crippen LogP contribution in [-0.2, 0) is 4.74 Å². The summed E-state index contributed by atoms with van der Waals surface area (Å²) in [6.45, 7) is 3.81. The number of aromatic nitrogens is 2. The molecule has 0 amide bonds. The van der Waals surface area contributed by atoms with E-state index in [4.69, 9.17) is 4.74 Å². The van der Waals surface area contributed by atoms with Crippen molar-refractivity contribution >= 4 is 5.82 Å². The van der Waals surface area contributed by atoms with Crippen LogP contribution < -0.4 is 5.32 Å². The normalized spacial score (nSPS) is 27.4. The van der Waals surface area contributed by atoms with E-state index in [-0.39, 0.29) is 11.9 Å². The number of benzene rings is 1. The van der Waals surface area contributed by atoms with E-state index in [1.54, 1.807) is 0 Å². The fourth-order valence-electron chi connectivity index (χ4n) is 5.69. The molecule has 1 aromatic carbocycles. The maximum Gasteiger partial charge on any atom is 0.266 e. The Morgan fingerprint density at radius 3 is 2.47 bits per heavy atom. The molecule has 1 aromatic heterocycles. The molecule has 3 aliphatic rings. The van der Waals surface area contributed by atoms with Crippen molar-refractivity contribution in [2.75, 3.05) is 31.6 Å². The topological polar surface area (TPSA) is 50.3 Å². The summed E-state index contributed by atoms with van der Waals surface area (Å²) in [4.78, 5) is 2.47. The van der Waals surface area contributed by atoms with Gasteiger partial charge in [0.15, 0.2) is 11.6 Å². The number of hydrogen-bond acceptors (Lipinski definition) is 5. The Labute approximate surface area is 194 Å². The highest BCUT2D eigenvalue weighted by atomic mass is 19.3. The lowest BCUT2D eigenvalue weighted by atomic mass is 10.0. The lowest BCUT2D eigenvalue weighted by Crippen LogP contribution is -2.35. The Hall–Kier alpha value is -2.33. The minimum Gasteiger partial charge on any atom is -0.377 e. The largest absolute Gasteiger partial charge is 0.377 e. The van der Waals surface area contributed by atoms with Crippen LogP contribution in [0, 0.1) is 29.3 Å². The van der Waals surface area contributed by atoms with Gasteiger partial charge in [0.2, 0.25) is 0 Å². The monoisotopic (exact) mass is 482 g/mol. The number of ether oxygens (including phenoxy) is 1. The number of nitrogens with one attached hydrogen (secondary N) is 1. The first-order chi connectivity index (χ1) is 16.4. The molecule has 10 heteroatoms. The highest BCUT2D eigenvalue weighted by molar-refractivity contribution is 5.65. The van der Waals surface area contributed by atoms with Crippen molar-refractivity contribution in [2.45, 2.75) is 50.7 Å². The summed E-state index contributed by atoms with van der Waals surface area (Å²) in [5.74, 6) is -2.81. The van der Waals surface area contributed by atoms with Gasteiger partial charge < -0.3 is 15.0 Å². The van der Waals surface area contributed by atoms with E-state index in [9.17, 15) is 22.0 Å². The number of rotatable bonds is 6. The fraction of sp³-hybridized carbons (Fsp3) is 0.583. The highest BCUT2D eigenvalue weighted by Crippen LogP contribution is 2.40. The molecule has 34 heavy (non-hydrogen) atoms. The summed E-state index contributed by atoms with van der Waals surface area (Å²) in [6, 6.07) is 2.15. The van der Waals surface area contributed by atoms with Crippen LogP contribution in [0.2, 0.25) is 0 Å². The van der Waals surface area contributed by atoms with Gasteiger partial charge in [-0.1, -0.05) is 0 Å². The summed E-state index contributed by atoms with van der Waals surface area (Å²) >= 11 is 0. The van der Waals surface area contributed by atoms with Crippen LogP contribution in [0.15, 0.2) is 18.2 Å². The second-order valence-electron chi connectivity index (χ2n) is 9.62. The Bertz CT molecular complexity index is 1020. The fourth-order valence-corrected chi connectivity index (χ4v) is 5.69. The molecule has 1 aliphatic carbocycles. The average Bonchev–Trinajstić information content (AvgIpc) is 3.34. The maximum atomic E-state index is 14.2. The zero-order chi connectivity index (χ0) is 23.8. The van der Waals surface area contributed by atoms with E-state index in [1.807, 2.05) is 0 Å². The van der Waals surface area contributed by atoms with Gasteiger partial charge in [-0.15, -0.1) is 10.2 Å². The highest BCUT2D eigenvalue weighted by Gasteiger charge is 2.41. The molecule has 2 aliphatic heterocycles. The molecule has 5 nitrogen and oxygen atoms in total. The van der Waals surface area contributed by atoms with Gasteiger partial charge in [0.25, 0.3) is 6.43 Å². The molecule has 1 N–H and O–H groups in total. The van der Waals surface area contributed by atoms with Crippen LogP contribution in [0.4, 0.5) is 27.8 Å². The number of nitrogens with zero attached hydrogens (tertiary/aromatic N) is 3. The SMILES string of the molecule is Fc1cc(F)c(F)c(-c2nnc(N[C@@H]3C[C@@H]4CN(CC5CCCCO5)C[C@@H]4C3)cc2C(F)F)c1. The average molecular weight is 482 g/mol. The first-order valence-corrected chi connectivity index (χ1v) is 11.8. The third kappa shape index (κ3) is 4.88. The van der Waals surface area contributed by atoms with Gasteiger partial charge in [0, 0.05) is 49.5 Å². The number of anilines is 1. The van der Waals surface area contributed by atoms with Crippen molar-refractivity contribution in [2.24, 2.45) is 11.8 Å². The number of fused-ring (bicyclic) bond motifs is 1. The van der Waals surface area contributed by atoms with E-state index in [2.05, 4.69) is 20.4 Å². The van der Waals surface area contributed by atoms with Crippen molar-refractivity contribution in [3.05, 3.63) is 41.2 Å². The van der Waals surface area contributed by atoms with Crippen molar-refractivity contribution in [3.63, 3.8) is 0 Å². The van der Waals surface area contributed by atoms with Crippen molar-refractivity contribution in [3.8, 4) is 11.3 Å². The Morgan fingerprint density at radius 2 is 1.79 bits per heavy atom. The van der Waals surface area contributed by atoms with Gasteiger partial charge in [-0.3, -0.25) is 0 Å². The minimum atomic E-state index is -3.02. The van der Waals surface area contributed by atoms with Gasteiger partial charge in [0.1, 0.15) is 17.3 Å². The van der Waals surface area contributed by atoms with Gasteiger partial charge in [-0.05, 0) is 56.1 Å². The summed E-state index contributed by atoms with van der Waals surface area (Å²) in [5.41, 5.74) is -1.87. The molecule has 0 radical (unpaired) electrons. The molecule has 1 saturated carbocycles. The molecule has 0 spiro atoms.